The highest BCUT2D eigenvalue weighted by molar-refractivity contribution is 5.87. The number of aromatic nitrogens is 1. The lowest BCUT2D eigenvalue weighted by molar-refractivity contribution is -0.125. The van der Waals surface area contributed by atoms with Crippen molar-refractivity contribution in [2.75, 3.05) is 25.0 Å². The van der Waals surface area contributed by atoms with Gasteiger partial charge in [-0.1, -0.05) is 18.2 Å². The summed E-state index contributed by atoms with van der Waals surface area (Å²) in [5.41, 5.74) is 1.43. The van der Waals surface area contributed by atoms with Crippen LogP contribution >= 0.6 is 0 Å². The third-order valence-electron chi connectivity index (χ3n) is 3.65. The minimum atomic E-state index is 0.0128. The summed E-state index contributed by atoms with van der Waals surface area (Å²) in [7, 11) is 1.65. The summed E-state index contributed by atoms with van der Waals surface area (Å²) in [6.07, 6.45) is 0. The molecule has 0 spiro atoms. The molecule has 0 radical (unpaired) electrons. The molecule has 1 aliphatic rings. The normalized spacial score (nSPS) is 14.7. The quantitative estimate of drug-likeness (QED) is 0.889. The number of pyridine rings is 1. The van der Waals surface area contributed by atoms with Crippen molar-refractivity contribution in [3.05, 3.63) is 35.9 Å². The number of fused-ring (bicyclic) bond motifs is 1. The van der Waals surface area contributed by atoms with E-state index in [0.717, 1.165) is 16.7 Å². The third kappa shape index (κ3) is 1.95. The Hall–Kier alpha value is -2.61. The molecular formula is C15H14N4O. The van der Waals surface area contributed by atoms with Crippen LogP contribution in [-0.4, -0.2) is 31.0 Å². The van der Waals surface area contributed by atoms with Gasteiger partial charge in [-0.3, -0.25) is 4.79 Å². The lowest BCUT2D eigenvalue weighted by atomic mass is 9.99. The van der Waals surface area contributed by atoms with Crippen LogP contribution in [-0.2, 0) is 4.79 Å². The number of nitriles is 1. The van der Waals surface area contributed by atoms with E-state index in [9.17, 15) is 10.1 Å². The summed E-state index contributed by atoms with van der Waals surface area (Å²) in [5, 5.41) is 12.8. The van der Waals surface area contributed by atoms with Crippen molar-refractivity contribution in [2.45, 2.75) is 0 Å². The van der Waals surface area contributed by atoms with Crippen LogP contribution < -0.4 is 10.2 Å². The summed E-state index contributed by atoms with van der Waals surface area (Å²) in [4.78, 5) is 18.1. The smallest absolute Gasteiger partial charge is 0.226 e. The molecule has 100 valence electrons. The molecule has 5 nitrogen and oxygen atoms in total. The Morgan fingerprint density at radius 3 is 2.90 bits per heavy atom. The maximum atomic E-state index is 11.5. The molecule has 1 saturated heterocycles. The highest BCUT2D eigenvalue weighted by Crippen LogP contribution is 2.27. The molecule has 1 amide bonds. The van der Waals surface area contributed by atoms with Gasteiger partial charge in [0.05, 0.1) is 23.1 Å². The fraction of sp³-hybridized carbons (Fsp3) is 0.267. The van der Waals surface area contributed by atoms with Gasteiger partial charge in [0, 0.05) is 25.5 Å². The molecule has 0 saturated carbocycles. The van der Waals surface area contributed by atoms with E-state index in [1.807, 2.05) is 29.2 Å². The van der Waals surface area contributed by atoms with Gasteiger partial charge in [-0.2, -0.15) is 5.26 Å². The average Bonchev–Trinajstić information content (AvgIpc) is 2.44. The number of nitrogens with one attached hydrogen (secondary N) is 1. The van der Waals surface area contributed by atoms with E-state index in [0.29, 0.717) is 18.7 Å². The summed E-state index contributed by atoms with van der Waals surface area (Å²) in [5.74, 6) is 0.835. The predicted octanol–water partition coefficient (Wildman–Crippen LogP) is 1.29. The van der Waals surface area contributed by atoms with E-state index in [-0.39, 0.29) is 11.8 Å². The zero-order chi connectivity index (χ0) is 14.1. The molecule has 1 aromatic carbocycles. The number of amides is 1. The molecular weight excluding hydrogens is 252 g/mol. The molecule has 5 heteroatoms. The first-order valence-electron chi connectivity index (χ1n) is 6.49. The fourth-order valence-electron chi connectivity index (χ4n) is 2.45. The standard InChI is InChI=1S/C15H14N4O/c1-17-15(20)11-8-19(9-11)14-6-10(7-16)12-4-2-3-5-13(12)18-14/h2-6,11H,8-9H2,1H3,(H,17,20). The highest BCUT2D eigenvalue weighted by Gasteiger charge is 2.33. The summed E-state index contributed by atoms with van der Waals surface area (Å²) in [6.45, 7) is 1.30. The van der Waals surface area contributed by atoms with E-state index in [1.165, 1.54) is 0 Å². The first-order valence-corrected chi connectivity index (χ1v) is 6.49. The molecule has 3 rings (SSSR count). The summed E-state index contributed by atoms with van der Waals surface area (Å²) >= 11 is 0. The molecule has 0 unspecified atom stereocenters. The molecule has 1 aromatic heterocycles. The second-order valence-electron chi connectivity index (χ2n) is 4.87. The maximum absolute atomic E-state index is 11.5. The Balaban J connectivity index is 1.91. The monoisotopic (exact) mass is 266 g/mol. The molecule has 2 aromatic rings. The number of rotatable bonds is 2. The molecule has 0 aliphatic carbocycles. The zero-order valence-electron chi connectivity index (χ0n) is 11.1. The molecule has 1 aliphatic heterocycles. The fourth-order valence-corrected chi connectivity index (χ4v) is 2.45. The van der Waals surface area contributed by atoms with Crippen LogP contribution in [0.15, 0.2) is 30.3 Å². The largest absolute Gasteiger partial charge is 0.359 e. The van der Waals surface area contributed by atoms with Crippen LogP contribution in [0.3, 0.4) is 0 Å². The SMILES string of the molecule is CNC(=O)C1CN(c2cc(C#N)c3ccccc3n2)C1. The Morgan fingerprint density at radius 1 is 1.45 bits per heavy atom. The highest BCUT2D eigenvalue weighted by atomic mass is 16.1. The van der Waals surface area contributed by atoms with Gasteiger partial charge in [-0.15, -0.1) is 0 Å². The molecule has 1 N–H and O–H groups in total. The minimum absolute atomic E-state index is 0.0128. The number of benzene rings is 1. The predicted molar refractivity (Wildman–Crippen MR) is 76.2 cm³/mol. The van der Waals surface area contributed by atoms with Crippen LogP contribution in [0.2, 0.25) is 0 Å². The Labute approximate surface area is 116 Å². The second kappa shape index (κ2) is 4.82. The van der Waals surface area contributed by atoms with E-state index >= 15 is 0 Å². The van der Waals surface area contributed by atoms with Crippen molar-refractivity contribution in [3.63, 3.8) is 0 Å². The van der Waals surface area contributed by atoms with Crippen LogP contribution in [0.5, 0.6) is 0 Å². The van der Waals surface area contributed by atoms with Crippen molar-refractivity contribution in [1.29, 1.82) is 5.26 Å². The second-order valence-corrected chi connectivity index (χ2v) is 4.87. The van der Waals surface area contributed by atoms with E-state index < -0.39 is 0 Å². The number of hydrogen-bond donors (Lipinski definition) is 1. The number of carbonyl (C=O) groups excluding carboxylic acids is 1. The number of carbonyl (C=O) groups is 1. The van der Waals surface area contributed by atoms with Gasteiger partial charge >= 0.3 is 0 Å². The molecule has 0 bridgehead atoms. The van der Waals surface area contributed by atoms with E-state index in [4.69, 9.17) is 0 Å². The van der Waals surface area contributed by atoms with Crippen LogP contribution in [0.1, 0.15) is 5.56 Å². The van der Waals surface area contributed by atoms with Gasteiger partial charge in [0.15, 0.2) is 0 Å². The molecule has 0 atom stereocenters. The van der Waals surface area contributed by atoms with Gasteiger partial charge < -0.3 is 10.2 Å². The molecule has 20 heavy (non-hydrogen) atoms. The van der Waals surface area contributed by atoms with Gasteiger partial charge in [0.25, 0.3) is 0 Å². The van der Waals surface area contributed by atoms with Gasteiger partial charge in [-0.25, -0.2) is 4.98 Å². The van der Waals surface area contributed by atoms with Crippen LogP contribution in [0.25, 0.3) is 10.9 Å². The molecule has 2 heterocycles. The number of anilines is 1. The molecule has 1 fully saturated rings. The number of hydrogen-bond acceptors (Lipinski definition) is 4. The van der Waals surface area contributed by atoms with Crippen molar-refractivity contribution in [2.24, 2.45) is 5.92 Å². The first-order chi connectivity index (χ1) is 9.72. The van der Waals surface area contributed by atoms with Crippen molar-refractivity contribution in [1.82, 2.24) is 10.3 Å². The van der Waals surface area contributed by atoms with Crippen molar-refractivity contribution in [3.8, 4) is 6.07 Å². The Morgan fingerprint density at radius 2 is 2.20 bits per heavy atom. The third-order valence-corrected chi connectivity index (χ3v) is 3.65. The Kier molecular flexibility index (Phi) is 2.99. The average molecular weight is 266 g/mol. The number of nitrogens with zero attached hydrogens (tertiary/aromatic N) is 3. The zero-order valence-corrected chi connectivity index (χ0v) is 11.1. The first kappa shape index (κ1) is 12.4. The van der Waals surface area contributed by atoms with Gasteiger partial charge in [0.2, 0.25) is 5.91 Å². The minimum Gasteiger partial charge on any atom is -0.359 e. The van der Waals surface area contributed by atoms with E-state index in [1.54, 1.807) is 13.1 Å². The lowest BCUT2D eigenvalue weighted by Gasteiger charge is -2.39. The Bertz CT molecular complexity index is 713. The van der Waals surface area contributed by atoms with Crippen LogP contribution in [0.4, 0.5) is 5.82 Å². The van der Waals surface area contributed by atoms with Crippen LogP contribution in [0, 0.1) is 17.2 Å². The van der Waals surface area contributed by atoms with Crippen molar-refractivity contribution >= 4 is 22.6 Å². The van der Waals surface area contributed by atoms with Crippen molar-refractivity contribution < 1.29 is 4.79 Å². The maximum Gasteiger partial charge on any atom is 0.226 e. The van der Waals surface area contributed by atoms with Gasteiger partial charge in [-0.05, 0) is 12.1 Å². The summed E-state index contributed by atoms with van der Waals surface area (Å²) < 4.78 is 0. The summed E-state index contributed by atoms with van der Waals surface area (Å²) in [6, 6.07) is 11.6. The van der Waals surface area contributed by atoms with E-state index in [2.05, 4.69) is 16.4 Å². The topological polar surface area (TPSA) is 69.0 Å². The van der Waals surface area contributed by atoms with Gasteiger partial charge in [0.1, 0.15) is 5.82 Å². The lowest BCUT2D eigenvalue weighted by Crippen LogP contribution is -2.53. The number of para-hydroxylation sites is 1.